The van der Waals surface area contributed by atoms with Gasteiger partial charge in [-0.2, -0.15) is 0 Å². The lowest BCUT2D eigenvalue weighted by molar-refractivity contribution is 0.460. The van der Waals surface area contributed by atoms with Crippen molar-refractivity contribution >= 4 is 22.8 Å². The number of imidazole rings is 1. The maximum Gasteiger partial charge on any atom is 0.166 e. The number of nitrogens with one attached hydrogen (secondary N) is 2. The molecule has 1 aliphatic heterocycles. The molecule has 17 heavy (non-hydrogen) atoms. The van der Waals surface area contributed by atoms with Crippen molar-refractivity contribution in [1.82, 2.24) is 15.3 Å². The summed E-state index contributed by atoms with van der Waals surface area (Å²) in [5, 5.41) is 4.41. The molecule has 1 aliphatic rings. The second-order valence-corrected chi connectivity index (χ2v) is 5.34. The lowest BCUT2D eigenvalue weighted by atomic mass is 9.90. The Bertz CT molecular complexity index is 514. The standard InChI is InChI=1S/C13H17N3S/c1-17-13-15-11-3-2-10(8-12(11)16-13)9-4-6-14-7-5-9/h2-3,8-9,14H,4-7H2,1H3,(H,15,16). The quantitative estimate of drug-likeness (QED) is 0.802. The molecule has 1 saturated heterocycles. The Morgan fingerprint density at radius 1 is 1.29 bits per heavy atom. The van der Waals surface area contributed by atoms with E-state index < -0.39 is 0 Å². The summed E-state index contributed by atoms with van der Waals surface area (Å²) in [6.45, 7) is 2.28. The smallest absolute Gasteiger partial charge is 0.166 e. The van der Waals surface area contributed by atoms with Gasteiger partial charge in [-0.15, -0.1) is 0 Å². The van der Waals surface area contributed by atoms with E-state index in [4.69, 9.17) is 0 Å². The fourth-order valence-corrected chi connectivity index (χ4v) is 2.91. The summed E-state index contributed by atoms with van der Waals surface area (Å²) in [6, 6.07) is 6.66. The number of H-pyrrole nitrogens is 1. The van der Waals surface area contributed by atoms with Gasteiger partial charge in [0, 0.05) is 0 Å². The number of rotatable bonds is 2. The molecule has 2 N–H and O–H groups in total. The van der Waals surface area contributed by atoms with E-state index in [-0.39, 0.29) is 0 Å². The van der Waals surface area contributed by atoms with Crippen LogP contribution in [0.15, 0.2) is 23.4 Å². The molecule has 0 bridgehead atoms. The van der Waals surface area contributed by atoms with Crippen LogP contribution in [-0.4, -0.2) is 29.3 Å². The van der Waals surface area contributed by atoms with Gasteiger partial charge in [0.1, 0.15) is 0 Å². The highest BCUT2D eigenvalue weighted by Gasteiger charge is 2.15. The van der Waals surface area contributed by atoms with E-state index in [0.29, 0.717) is 5.92 Å². The van der Waals surface area contributed by atoms with Gasteiger partial charge in [0.25, 0.3) is 0 Å². The van der Waals surface area contributed by atoms with Crippen LogP contribution in [0.3, 0.4) is 0 Å². The minimum absolute atomic E-state index is 0.710. The topological polar surface area (TPSA) is 40.7 Å². The van der Waals surface area contributed by atoms with Crippen LogP contribution in [-0.2, 0) is 0 Å². The molecule has 0 amide bonds. The van der Waals surface area contributed by atoms with Gasteiger partial charge in [0.15, 0.2) is 5.16 Å². The predicted octanol–water partition coefficient (Wildman–Crippen LogP) is 2.75. The molecule has 1 fully saturated rings. The molecule has 90 valence electrons. The van der Waals surface area contributed by atoms with Crippen LogP contribution in [0.5, 0.6) is 0 Å². The molecule has 2 heterocycles. The first-order chi connectivity index (χ1) is 8.36. The Kier molecular flexibility index (Phi) is 3.07. The molecule has 3 nitrogen and oxygen atoms in total. The minimum atomic E-state index is 0.710. The summed E-state index contributed by atoms with van der Waals surface area (Å²) < 4.78 is 0. The number of aromatic amines is 1. The van der Waals surface area contributed by atoms with Gasteiger partial charge in [-0.25, -0.2) is 4.98 Å². The van der Waals surface area contributed by atoms with E-state index in [1.54, 1.807) is 11.8 Å². The number of piperidine rings is 1. The van der Waals surface area contributed by atoms with Gasteiger partial charge >= 0.3 is 0 Å². The molecule has 0 unspecified atom stereocenters. The van der Waals surface area contributed by atoms with E-state index in [0.717, 1.165) is 23.8 Å². The summed E-state index contributed by atoms with van der Waals surface area (Å²) in [4.78, 5) is 7.87. The minimum Gasteiger partial charge on any atom is -0.333 e. The fourth-order valence-electron chi connectivity index (χ4n) is 2.51. The van der Waals surface area contributed by atoms with Gasteiger partial charge in [-0.3, -0.25) is 0 Å². The monoisotopic (exact) mass is 247 g/mol. The third-order valence-corrected chi connectivity index (χ3v) is 4.07. The molecule has 0 atom stereocenters. The third-order valence-electron chi connectivity index (χ3n) is 3.49. The molecule has 0 aliphatic carbocycles. The summed E-state index contributed by atoms with van der Waals surface area (Å²) in [6.07, 6.45) is 4.54. The van der Waals surface area contributed by atoms with E-state index >= 15 is 0 Å². The molecule has 0 saturated carbocycles. The van der Waals surface area contributed by atoms with Crippen LogP contribution in [0.1, 0.15) is 24.3 Å². The van der Waals surface area contributed by atoms with E-state index in [1.807, 2.05) is 6.26 Å². The maximum absolute atomic E-state index is 4.51. The van der Waals surface area contributed by atoms with E-state index in [1.165, 1.54) is 23.9 Å². The average molecular weight is 247 g/mol. The number of thioether (sulfide) groups is 1. The number of hydrogen-bond donors (Lipinski definition) is 2. The van der Waals surface area contributed by atoms with E-state index in [2.05, 4.69) is 33.5 Å². The maximum atomic E-state index is 4.51. The Morgan fingerprint density at radius 3 is 2.88 bits per heavy atom. The van der Waals surface area contributed by atoms with Crippen molar-refractivity contribution in [3.05, 3.63) is 23.8 Å². The highest BCUT2D eigenvalue weighted by Crippen LogP contribution is 2.28. The largest absolute Gasteiger partial charge is 0.333 e. The van der Waals surface area contributed by atoms with Gasteiger partial charge in [0.05, 0.1) is 11.0 Å². The Hall–Kier alpha value is -1.00. The van der Waals surface area contributed by atoms with Crippen LogP contribution in [0.4, 0.5) is 0 Å². The first-order valence-electron chi connectivity index (χ1n) is 6.11. The van der Waals surface area contributed by atoms with Crippen LogP contribution in [0.2, 0.25) is 0 Å². The molecule has 3 rings (SSSR count). The van der Waals surface area contributed by atoms with Gasteiger partial charge in [0.2, 0.25) is 0 Å². The summed E-state index contributed by atoms with van der Waals surface area (Å²) in [5.41, 5.74) is 3.70. The number of benzene rings is 1. The molecule has 2 aromatic rings. The zero-order valence-corrected chi connectivity index (χ0v) is 10.8. The average Bonchev–Trinajstić information content (AvgIpc) is 2.81. The molecule has 1 aromatic heterocycles. The summed E-state index contributed by atoms with van der Waals surface area (Å²) in [5.74, 6) is 0.710. The number of nitrogens with zero attached hydrogens (tertiary/aromatic N) is 1. The predicted molar refractivity (Wildman–Crippen MR) is 72.7 cm³/mol. The summed E-state index contributed by atoms with van der Waals surface area (Å²) >= 11 is 1.66. The van der Waals surface area contributed by atoms with Crippen LogP contribution >= 0.6 is 11.8 Å². The molecule has 0 radical (unpaired) electrons. The second kappa shape index (κ2) is 4.70. The lowest BCUT2D eigenvalue weighted by Gasteiger charge is -2.22. The van der Waals surface area contributed by atoms with Crippen LogP contribution < -0.4 is 5.32 Å². The molecule has 1 aromatic carbocycles. The first-order valence-corrected chi connectivity index (χ1v) is 7.33. The van der Waals surface area contributed by atoms with Crippen LogP contribution in [0.25, 0.3) is 11.0 Å². The zero-order chi connectivity index (χ0) is 11.7. The Labute approximate surface area is 105 Å². The van der Waals surface area contributed by atoms with Crippen molar-refractivity contribution in [2.24, 2.45) is 0 Å². The van der Waals surface area contributed by atoms with Crippen LogP contribution in [0, 0.1) is 0 Å². The lowest BCUT2D eigenvalue weighted by Crippen LogP contribution is -2.26. The first kappa shape index (κ1) is 11.1. The SMILES string of the molecule is CSc1nc2ccc(C3CCNCC3)cc2[nH]1. The van der Waals surface area contributed by atoms with Crippen molar-refractivity contribution in [3.8, 4) is 0 Å². The fraction of sp³-hybridized carbons (Fsp3) is 0.462. The molecular weight excluding hydrogens is 230 g/mol. The van der Waals surface area contributed by atoms with Crippen molar-refractivity contribution in [2.45, 2.75) is 23.9 Å². The second-order valence-electron chi connectivity index (χ2n) is 4.55. The normalized spacial score (nSPS) is 17.7. The number of fused-ring (bicyclic) bond motifs is 1. The Morgan fingerprint density at radius 2 is 2.12 bits per heavy atom. The molecule has 4 heteroatoms. The van der Waals surface area contributed by atoms with Crippen molar-refractivity contribution < 1.29 is 0 Å². The number of aromatic nitrogens is 2. The van der Waals surface area contributed by atoms with Gasteiger partial charge in [-0.05, 0) is 55.8 Å². The zero-order valence-electron chi connectivity index (χ0n) is 9.99. The third kappa shape index (κ3) is 2.19. The highest BCUT2D eigenvalue weighted by atomic mass is 32.2. The molecular formula is C13H17N3S. The van der Waals surface area contributed by atoms with Crippen molar-refractivity contribution in [1.29, 1.82) is 0 Å². The van der Waals surface area contributed by atoms with E-state index in [9.17, 15) is 0 Å². The van der Waals surface area contributed by atoms with Crippen molar-refractivity contribution in [3.63, 3.8) is 0 Å². The Balaban J connectivity index is 1.94. The number of hydrogen-bond acceptors (Lipinski definition) is 3. The van der Waals surface area contributed by atoms with Gasteiger partial charge in [-0.1, -0.05) is 17.8 Å². The summed E-state index contributed by atoms with van der Waals surface area (Å²) in [7, 11) is 0. The highest BCUT2D eigenvalue weighted by molar-refractivity contribution is 7.98. The van der Waals surface area contributed by atoms with Gasteiger partial charge < -0.3 is 10.3 Å². The molecule has 0 spiro atoms. The van der Waals surface area contributed by atoms with Crippen molar-refractivity contribution in [2.75, 3.05) is 19.3 Å².